The molecule has 0 saturated heterocycles. The van der Waals surface area contributed by atoms with E-state index in [1.54, 1.807) is 0 Å². The summed E-state index contributed by atoms with van der Waals surface area (Å²) in [5.41, 5.74) is 1.06. The fourth-order valence-corrected chi connectivity index (χ4v) is 5.28. The van der Waals surface area contributed by atoms with Gasteiger partial charge >= 0.3 is 0 Å². The Morgan fingerprint density at radius 2 is 1.95 bits per heavy atom. The lowest BCUT2D eigenvalue weighted by Gasteiger charge is -2.46. The van der Waals surface area contributed by atoms with Crippen LogP contribution in [0.1, 0.15) is 65.7 Å². The highest BCUT2D eigenvalue weighted by molar-refractivity contribution is 7.56. The SMILES string of the molecule is CCCCC1C(/C=C/CC(C)CCC)CC1P(C)C. The molecular formula is C18H35P. The van der Waals surface area contributed by atoms with Crippen molar-refractivity contribution in [2.45, 2.75) is 71.4 Å². The smallest absolute Gasteiger partial charge is 0.0174 e. The van der Waals surface area contributed by atoms with Gasteiger partial charge in [-0.1, -0.05) is 58.6 Å². The topological polar surface area (TPSA) is 0 Å². The van der Waals surface area contributed by atoms with Gasteiger partial charge in [0.1, 0.15) is 0 Å². The van der Waals surface area contributed by atoms with Gasteiger partial charge in [-0.15, -0.1) is 7.92 Å². The lowest BCUT2D eigenvalue weighted by Crippen LogP contribution is -2.38. The fraction of sp³-hybridized carbons (Fsp3) is 0.889. The van der Waals surface area contributed by atoms with E-state index in [1.165, 1.54) is 44.9 Å². The van der Waals surface area contributed by atoms with Crippen molar-refractivity contribution in [3.63, 3.8) is 0 Å². The van der Waals surface area contributed by atoms with Gasteiger partial charge in [-0.05, 0) is 56.0 Å². The highest BCUT2D eigenvalue weighted by atomic mass is 31.1. The Morgan fingerprint density at radius 1 is 1.21 bits per heavy atom. The second-order valence-electron chi connectivity index (χ2n) is 6.79. The third-order valence-corrected chi connectivity index (χ3v) is 6.74. The molecule has 0 radical (unpaired) electrons. The van der Waals surface area contributed by atoms with E-state index in [0.717, 1.165) is 23.4 Å². The highest BCUT2D eigenvalue weighted by Gasteiger charge is 2.39. The zero-order valence-corrected chi connectivity index (χ0v) is 14.8. The van der Waals surface area contributed by atoms with Gasteiger partial charge in [0.05, 0.1) is 0 Å². The molecule has 0 aromatic rings. The first-order chi connectivity index (χ1) is 9.10. The molecule has 0 spiro atoms. The van der Waals surface area contributed by atoms with E-state index in [-0.39, 0.29) is 7.92 Å². The molecule has 1 fully saturated rings. The van der Waals surface area contributed by atoms with Crippen LogP contribution in [-0.4, -0.2) is 19.0 Å². The lowest BCUT2D eigenvalue weighted by atomic mass is 9.70. The maximum Gasteiger partial charge on any atom is -0.0174 e. The first-order valence-electron chi connectivity index (χ1n) is 8.43. The van der Waals surface area contributed by atoms with Gasteiger partial charge in [0.2, 0.25) is 0 Å². The van der Waals surface area contributed by atoms with E-state index in [4.69, 9.17) is 0 Å². The minimum atomic E-state index is 0.275. The van der Waals surface area contributed by atoms with Gasteiger partial charge in [0.25, 0.3) is 0 Å². The third kappa shape index (κ3) is 5.58. The molecule has 0 aliphatic heterocycles. The van der Waals surface area contributed by atoms with E-state index in [9.17, 15) is 0 Å². The first-order valence-corrected chi connectivity index (χ1v) is 10.7. The summed E-state index contributed by atoms with van der Waals surface area (Å²) in [6.07, 6.45) is 14.8. The minimum Gasteiger partial charge on any atom is -0.110 e. The molecule has 4 atom stereocenters. The second-order valence-corrected chi connectivity index (χ2v) is 9.38. The van der Waals surface area contributed by atoms with Crippen molar-refractivity contribution in [2.24, 2.45) is 17.8 Å². The molecule has 0 heterocycles. The molecule has 1 aliphatic rings. The van der Waals surface area contributed by atoms with E-state index >= 15 is 0 Å². The Labute approximate surface area is 123 Å². The Balaban J connectivity index is 2.38. The fourth-order valence-electron chi connectivity index (χ4n) is 3.48. The van der Waals surface area contributed by atoms with Crippen molar-refractivity contribution in [1.29, 1.82) is 0 Å². The standard InChI is InChI=1S/C18H35P/c1-6-8-13-17-16(14-18(17)19(4)5)12-9-11-15(3)10-7-2/h9,12,15-18H,6-8,10-11,13-14H2,1-5H3/b12-9+. The molecule has 0 aromatic heterocycles. The number of unbranched alkanes of at least 4 members (excludes halogenated alkanes) is 1. The van der Waals surface area contributed by atoms with Crippen LogP contribution in [0.25, 0.3) is 0 Å². The average Bonchev–Trinajstić information content (AvgIpc) is 2.33. The van der Waals surface area contributed by atoms with Crippen LogP contribution in [0.5, 0.6) is 0 Å². The van der Waals surface area contributed by atoms with Crippen LogP contribution in [0.2, 0.25) is 0 Å². The molecule has 0 amide bonds. The Morgan fingerprint density at radius 3 is 2.53 bits per heavy atom. The molecule has 112 valence electrons. The van der Waals surface area contributed by atoms with Crippen molar-refractivity contribution in [1.82, 2.24) is 0 Å². The summed E-state index contributed by atoms with van der Waals surface area (Å²) in [5.74, 6) is 2.80. The predicted molar refractivity (Wildman–Crippen MR) is 91.5 cm³/mol. The van der Waals surface area contributed by atoms with Gasteiger partial charge in [-0.25, -0.2) is 0 Å². The Hall–Kier alpha value is 0.170. The summed E-state index contributed by atoms with van der Waals surface area (Å²) >= 11 is 0. The minimum absolute atomic E-state index is 0.275. The molecular weight excluding hydrogens is 247 g/mol. The second kappa shape index (κ2) is 9.17. The van der Waals surface area contributed by atoms with Gasteiger partial charge in [-0.3, -0.25) is 0 Å². The summed E-state index contributed by atoms with van der Waals surface area (Å²) in [4.78, 5) is 0. The first kappa shape index (κ1) is 17.2. The van der Waals surface area contributed by atoms with Crippen molar-refractivity contribution < 1.29 is 0 Å². The average molecular weight is 282 g/mol. The van der Waals surface area contributed by atoms with Crippen LogP contribution < -0.4 is 0 Å². The van der Waals surface area contributed by atoms with Crippen LogP contribution in [-0.2, 0) is 0 Å². The van der Waals surface area contributed by atoms with Crippen molar-refractivity contribution in [3.05, 3.63) is 12.2 Å². The number of hydrogen-bond donors (Lipinski definition) is 0. The molecule has 0 N–H and O–H groups in total. The molecule has 4 unspecified atom stereocenters. The molecule has 0 aromatic carbocycles. The molecule has 0 bridgehead atoms. The van der Waals surface area contributed by atoms with Crippen LogP contribution >= 0.6 is 7.92 Å². The molecule has 1 aliphatic carbocycles. The summed E-state index contributed by atoms with van der Waals surface area (Å²) in [6.45, 7) is 12.0. The summed E-state index contributed by atoms with van der Waals surface area (Å²) < 4.78 is 0. The van der Waals surface area contributed by atoms with E-state index < -0.39 is 0 Å². The summed E-state index contributed by atoms with van der Waals surface area (Å²) in [5, 5.41) is 0. The zero-order chi connectivity index (χ0) is 14.3. The molecule has 1 rings (SSSR count). The van der Waals surface area contributed by atoms with Gasteiger partial charge < -0.3 is 0 Å². The maximum absolute atomic E-state index is 2.57. The van der Waals surface area contributed by atoms with E-state index in [0.29, 0.717) is 0 Å². The Kier molecular flexibility index (Phi) is 8.31. The summed E-state index contributed by atoms with van der Waals surface area (Å²) in [7, 11) is 0.275. The number of allylic oxidation sites excluding steroid dienone is 2. The van der Waals surface area contributed by atoms with Crippen molar-refractivity contribution >= 4 is 7.92 Å². The van der Waals surface area contributed by atoms with Gasteiger partial charge in [0, 0.05) is 0 Å². The maximum atomic E-state index is 2.57. The van der Waals surface area contributed by atoms with Crippen LogP contribution in [0.4, 0.5) is 0 Å². The van der Waals surface area contributed by atoms with Gasteiger partial charge in [0.15, 0.2) is 0 Å². The summed E-state index contributed by atoms with van der Waals surface area (Å²) in [6, 6.07) is 0. The quantitative estimate of drug-likeness (QED) is 0.343. The van der Waals surface area contributed by atoms with E-state index in [1.807, 2.05) is 0 Å². The third-order valence-electron chi connectivity index (χ3n) is 4.82. The van der Waals surface area contributed by atoms with Crippen LogP contribution in [0, 0.1) is 17.8 Å². The normalized spacial score (nSPS) is 28.8. The highest BCUT2D eigenvalue weighted by Crippen LogP contribution is 2.54. The molecule has 1 saturated carbocycles. The Bertz CT molecular complexity index is 256. The van der Waals surface area contributed by atoms with Gasteiger partial charge in [-0.2, -0.15) is 0 Å². The molecule has 19 heavy (non-hydrogen) atoms. The van der Waals surface area contributed by atoms with Crippen LogP contribution in [0.3, 0.4) is 0 Å². The monoisotopic (exact) mass is 282 g/mol. The van der Waals surface area contributed by atoms with Crippen LogP contribution in [0.15, 0.2) is 12.2 Å². The lowest BCUT2D eigenvalue weighted by molar-refractivity contribution is 0.216. The van der Waals surface area contributed by atoms with Crippen molar-refractivity contribution in [3.8, 4) is 0 Å². The predicted octanol–water partition coefficient (Wildman–Crippen LogP) is 6.31. The van der Waals surface area contributed by atoms with Crippen molar-refractivity contribution in [2.75, 3.05) is 13.3 Å². The largest absolute Gasteiger partial charge is 0.110 e. The number of hydrogen-bond acceptors (Lipinski definition) is 0. The number of rotatable bonds is 9. The molecule has 0 nitrogen and oxygen atoms in total. The molecule has 1 heteroatoms. The zero-order valence-electron chi connectivity index (χ0n) is 13.9. The van der Waals surface area contributed by atoms with E-state index in [2.05, 4.69) is 46.3 Å².